The van der Waals surface area contributed by atoms with Crippen molar-refractivity contribution in [3.8, 4) is 11.5 Å². The summed E-state index contributed by atoms with van der Waals surface area (Å²) >= 11 is 2.54. The third kappa shape index (κ3) is 5.64. The molecule has 160 valence electrons. The fourth-order valence-electron chi connectivity index (χ4n) is 2.72. The number of rotatable bonds is 6. The second-order valence-electron chi connectivity index (χ2n) is 6.46. The van der Waals surface area contributed by atoms with Crippen LogP contribution in [0.3, 0.4) is 0 Å². The lowest BCUT2D eigenvalue weighted by molar-refractivity contribution is -0.117. The number of aromatic nitrogens is 2. The SMILES string of the molecule is Cc1ccccc1Nc1nnc(SCC(=O)NC(=O)Nc2ccc3c(c2)OCCO3)s1. The maximum atomic E-state index is 12.1. The molecule has 0 fully saturated rings. The summed E-state index contributed by atoms with van der Waals surface area (Å²) in [6.45, 7) is 2.94. The first kappa shape index (κ1) is 20.9. The third-order valence-electron chi connectivity index (χ3n) is 4.17. The largest absolute Gasteiger partial charge is 0.486 e. The maximum absolute atomic E-state index is 12.1. The molecule has 0 atom stereocenters. The van der Waals surface area contributed by atoms with E-state index >= 15 is 0 Å². The number of imide groups is 1. The van der Waals surface area contributed by atoms with Gasteiger partial charge in [-0.1, -0.05) is 41.3 Å². The molecule has 1 aliphatic heterocycles. The Morgan fingerprint density at radius 3 is 2.74 bits per heavy atom. The zero-order valence-electron chi connectivity index (χ0n) is 16.5. The number of hydrogen-bond donors (Lipinski definition) is 3. The molecule has 0 saturated heterocycles. The van der Waals surface area contributed by atoms with Crippen LogP contribution in [0.25, 0.3) is 0 Å². The molecule has 2 aromatic carbocycles. The molecule has 4 rings (SSSR count). The first-order valence-electron chi connectivity index (χ1n) is 9.36. The van der Waals surface area contributed by atoms with E-state index in [1.54, 1.807) is 18.2 Å². The highest BCUT2D eigenvalue weighted by atomic mass is 32.2. The van der Waals surface area contributed by atoms with Gasteiger partial charge in [0.15, 0.2) is 15.8 Å². The van der Waals surface area contributed by atoms with Gasteiger partial charge in [-0.3, -0.25) is 10.1 Å². The maximum Gasteiger partial charge on any atom is 0.325 e. The number of para-hydroxylation sites is 1. The molecule has 2 heterocycles. The Morgan fingerprint density at radius 2 is 1.90 bits per heavy atom. The molecule has 0 aliphatic carbocycles. The number of fused-ring (bicyclic) bond motifs is 1. The molecule has 0 unspecified atom stereocenters. The minimum atomic E-state index is -0.624. The van der Waals surface area contributed by atoms with E-state index in [-0.39, 0.29) is 5.75 Å². The Labute approximate surface area is 186 Å². The number of anilines is 3. The van der Waals surface area contributed by atoms with Crippen LogP contribution in [0.1, 0.15) is 5.56 Å². The van der Waals surface area contributed by atoms with Crippen molar-refractivity contribution in [1.82, 2.24) is 15.5 Å². The number of carbonyl (C=O) groups is 2. The van der Waals surface area contributed by atoms with Crippen LogP contribution in [0.5, 0.6) is 11.5 Å². The predicted molar refractivity (Wildman–Crippen MR) is 120 cm³/mol. The summed E-state index contributed by atoms with van der Waals surface area (Å²) in [5.41, 5.74) is 2.54. The molecule has 9 nitrogen and oxygen atoms in total. The van der Waals surface area contributed by atoms with Gasteiger partial charge < -0.3 is 20.1 Å². The van der Waals surface area contributed by atoms with Crippen LogP contribution < -0.4 is 25.4 Å². The average Bonchev–Trinajstić information content (AvgIpc) is 3.21. The van der Waals surface area contributed by atoms with E-state index in [0.29, 0.717) is 39.9 Å². The summed E-state index contributed by atoms with van der Waals surface area (Å²) in [4.78, 5) is 24.2. The highest BCUT2D eigenvalue weighted by Gasteiger charge is 2.15. The van der Waals surface area contributed by atoms with Gasteiger partial charge in [0.05, 0.1) is 5.75 Å². The zero-order chi connectivity index (χ0) is 21.6. The Hall–Kier alpha value is -3.31. The Balaban J connectivity index is 1.24. The van der Waals surface area contributed by atoms with Crippen molar-refractivity contribution >= 4 is 51.5 Å². The van der Waals surface area contributed by atoms with E-state index in [1.807, 2.05) is 31.2 Å². The van der Waals surface area contributed by atoms with Crippen molar-refractivity contribution in [1.29, 1.82) is 0 Å². The van der Waals surface area contributed by atoms with Gasteiger partial charge in [-0.25, -0.2) is 4.79 Å². The van der Waals surface area contributed by atoms with E-state index in [1.165, 1.54) is 23.1 Å². The number of hydrogen-bond acceptors (Lipinski definition) is 9. The van der Waals surface area contributed by atoms with Crippen LogP contribution in [-0.2, 0) is 4.79 Å². The molecule has 31 heavy (non-hydrogen) atoms. The van der Waals surface area contributed by atoms with Gasteiger partial charge in [0.25, 0.3) is 0 Å². The van der Waals surface area contributed by atoms with E-state index < -0.39 is 11.9 Å². The second kappa shape index (κ2) is 9.67. The summed E-state index contributed by atoms with van der Waals surface area (Å²) < 4.78 is 11.5. The van der Waals surface area contributed by atoms with Crippen molar-refractivity contribution < 1.29 is 19.1 Å². The number of amides is 3. The number of carbonyl (C=O) groups excluding carboxylic acids is 2. The van der Waals surface area contributed by atoms with Crippen LogP contribution >= 0.6 is 23.1 Å². The van der Waals surface area contributed by atoms with Crippen LogP contribution in [0.2, 0.25) is 0 Å². The second-order valence-corrected chi connectivity index (χ2v) is 8.66. The van der Waals surface area contributed by atoms with Gasteiger partial charge in [-0.2, -0.15) is 0 Å². The fourth-order valence-corrected chi connectivity index (χ4v) is 4.28. The summed E-state index contributed by atoms with van der Waals surface area (Å²) in [7, 11) is 0. The molecule has 3 aromatic rings. The molecule has 11 heteroatoms. The number of nitrogens with one attached hydrogen (secondary N) is 3. The van der Waals surface area contributed by atoms with Crippen molar-refractivity contribution in [2.45, 2.75) is 11.3 Å². The molecular weight excluding hydrogens is 438 g/mol. The summed E-state index contributed by atoms with van der Waals surface area (Å²) in [5, 5.41) is 16.9. The Morgan fingerprint density at radius 1 is 1.10 bits per heavy atom. The standard InChI is InChI=1S/C20H19N5O4S2/c1-12-4-2-3-5-14(12)22-19-24-25-20(31-19)30-11-17(26)23-18(27)21-13-6-7-15-16(10-13)29-9-8-28-15/h2-7,10H,8-9,11H2,1H3,(H,22,24)(H2,21,23,26,27). The number of urea groups is 1. The number of thioether (sulfide) groups is 1. The lowest BCUT2D eigenvalue weighted by Gasteiger charge is -2.19. The molecule has 0 spiro atoms. The topological polar surface area (TPSA) is 114 Å². The molecule has 3 amide bonds. The van der Waals surface area contributed by atoms with E-state index in [0.717, 1.165) is 11.3 Å². The molecule has 1 aromatic heterocycles. The van der Waals surface area contributed by atoms with Crippen LogP contribution in [-0.4, -0.2) is 41.1 Å². The number of nitrogens with zero attached hydrogens (tertiary/aromatic N) is 2. The lowest BCUT2D eigenvalue weighted by atomic mass is 10.2. The van der Waals surface area contributed by atoms with Gasteiger partial charge in [0.2, 0.25) is 11.0 Å². The number of aryl methyl sites for hydroxylation is 1. The minimum Gasteiger partial charge on any atom is -0.486 e. The van der Waals surface area contributed by atoms with Crippen molar-refractivity contribution in [2.24, 2.45) is 0 Å². The highest BCUT2D eigenvalue weighted by Crippen LogP contribution is 2.32. The summed E-state index contributed by atoms with van der Waals surface area (Å²) in [6.07, 6.45) is 0. The minimum absolute atomic E-state index is 0.0353. The quantitative estimate of drug-likeness (QED) is 0.479. The van der Waals surface area contributed by atoms with Crippen LogP contribution in [0.15, 0.2) is 46.8 Å². The first-order valence-corrected chi connectivity index (χ1v) is 11.2. The van der Waals surface area contributed by atoms with Gasteiger partial charge in [0.1, 0.15) is 13.2 Å². The molecule has 3 N–H and O–H groups in total. The number of ether oxygens (including phenoxy) is 2. The summed E-state index contributed by atoms with van der Waals surface area (Å²) in [6, 6.07) is 12.3. The van der Waals surface area contributed by atoms with Gasteiger partial charge in [0, 0.05) is 17.4 Å². The van der Waals surface area contributed by atoms with Crippen molar-refractivity contribution in [3.63, 3.8) is 0 Å². The molecule has 1 aliphatic rings. The van der Waals surface area contributed by atoms with Crippen LogP contribution in [0.4, 0.5) is 21.3 Å². The Bertz CT molecular complexity index is 1100. The van der Waals surface area contributed by atoms with E-state index in [9.17, 15) is 9.59 Å². The van der Waals surface area contributed by atoms with Gasteiger partial charge >= 0.3 is 6.03 Å². The first-order chi connectivity index (χ1) is 15.1. The van der Waals surface area contributed by atoms with E-state index in [4.69, 9.17) is 9.47 Å². The molecule has 0 saturated carbocycles. The lowest BCUT2D eigenvalue weighted by Crippen LogP contribution is -2.35. The highest BCUT2D eigenvalue weighted by molar-refractivity contribution is 8.01. The van der Waals surface area contributed by atoms with Crippen molar-refractivity contribution in [2.75, 3.05) is 29.6 Å². The van der Waals surface area contributed by atoms with Crippen molar-refractivity contribution in [3.05, 3.63) is 48.0 Å². The number of benzene rings is 2. The Kier molecular flexibility index (Phi) is 6.53. The van der Waals surface area contributed by atoms with Gasteiger partial charge in [-0.05, 0) is 30.7 Å². The average molecular weight is 458 g/mol. The van der Waals surface area contributed by atoms with Gasteiger partial charge in [-0.15, -0.1) is 10.2 Å². The zero-order valence-corrected chi connectivity index (χ0v) is 18.1. The smallest absolute Gasteiger partial charge is 0.325 e. The van der Waals surface area contributed by atoms with Crippen LogP contribution in [0, 0.1) is 6.92 Å². The third-order valence-corrected chi connectivity index (χ3v) is 6.14. The van der Waals surface area contributed by atoms with E-state index in [2.05, 4.69) is 26.1 Å². The molecule has 0 bridgehead atoms. The molecular formula is C20H19N5O4S2. The normalized spacial score (nSPS) is 12.2. The fraction of sp³-hybridized carbons (Fsp3) is 0.200. The summed E-state index contributed by atoms with van der Waals surface area (Å²) in [5.74, 6) is 0.770. The monoisotopic (exact) mass is 457 g/mol. The predicted octanol–water partition coefficient (Wildman–Crippen LogP) is 3.80. The molecule has 0 radical (unpaired) electrons.